The van der Waals surface area contributed by atoms with Crippen molar-refractivity contribution in [3.05, 3.63) is 32.8 Å². The number of hydrogen-bond donors (Lipinski definition) is 1. The molecule has 1 fully saturated rings. The average molecular weight is 372 g/mol. The fourth-order valence-corrected chi connectivity index (χ4v) is 3.31. The van der Waals surface area contributed by atoms with Gasteiger partial charge in [0, 0.05) is 42.8 Å². The predicted molar refractivity (Wildman–Crippen MR) is 90.4 cm³/mol. The highest BCUT2D eigenvalue weighted by Crippen LogP contribution is 2.33. The number of anilines is 1. The van der Waals surface area contributed by atoms with Crippen LogP contribution in [0.15, 0.2) is 22.7 Å². The fraction of sp³-hybridized carbons (Fsp3) is 0.600. The molecule has 122 valence electrons. The SMILES string of the molecule is CN(CCCO)C1CCN(c2ccc(Br)cc2[N+](=O)[O-])CC1. The summed E-state index contributed by atoms with van der Waals surface area (Å²) in [7, 11) is 2.08. The number of nitro groups is 1. The van der Waals surface area contributed by atoms with Crippen molar-refractivity contribution in [1.29, 1.82) is 0 Å². The Kier molecular flexibility index (Phi) is 6.16. The van der Waals surface area contributed by atoms with Crippen molar-refractivity contribution in [3.8, 4) is 0 Å². The van der Waals surface area contributed by atoms with Crippen molar-refractivity contribution in [1.82, 2.24) is 4.90 Å². The zero-order valence-electron chi connectivity index (χ0n) is 12.7. The van der Waals surface area contributed by atoms with Gasteiger partial charge in [0.05, 0.1) is 4.92 Å². The van der Waals surface area contributed by atoms with Crippen molar-refractivity contribution in [2.45, 2.75) is 25.3 Å². The topological polar surface area (TPSA) is 69.8 Å². The van der Waals surface area contributed by atoms with Crippen LogP contribution in [-0.2, 0) is 0 Å². The molecule has 0 spiro atoms. The Morgan fingerprint density at radius 3 is 2.73 bits per heavy atom. The molecule has 0 atom stereocenters. The van der Waals surface area contributed by atoms with Gasteiger partial charge in [-0.2, -0.15) is 0 Å². The van der Waals surface area contributed by atoms with Crippen LogP contribution in [0.3, 0.4) is 0 Å². The van der Waals surface area contributed by atoms with Gasteiger partial charge >= 0.3 is 0 Å². The van der Waals surface area contributed by atoms with E-state index in [1.165, 1.54) is 0 Å². The number of hydrogen-bond acceptors (Lipinski definition) is 5. The normalized spacial score (nSPS) is 16.3. The Hall–Kier alpha value is -1.18. The summed E-state index contributed by atoms with van der Waals surface area (Å²) in [5.41, 5.74) is 0.853. The van der Waals surface area contributed by atoms with Gasteiger partial charge in [-0.15, -0.1) is 0 Å². The average Bonchev–Trinajstić information content (AvgIpc) is 2.52. The van der Waals surface area contributed by atoms with E-state index in [4.69, 9.17) is 5.11 Å². The second-order valence-corrected chi connectivity index (χ2v) is 6.58. The van der Waals surface area contributed by atoms with Gasteiger partial charge in [-0.25, -0.2) is 0 Å². The molecule has 0 radical (unpaired) electrons. The number of benzene rings is 1. The molecule has 22 heavy (non-hydrogen) atoms. The molecular weight excluding hydrogens is 350 g/mol. The Morgan fingerprint density at radius 1 is 1.45 bits per heavy atom. The van der Waals surface area contributed by atoms with Crippen molar-refractivity contribution in [2.24, 2.45) is 0 Å². The zero-order valence-corrected chi connectivity index (χ0v) is 14.3. The molecule has 1 heterocycles. The summed E-state index contributed by atoms with van der Waals surface area (Å²) < 4.78 is 0.724. The third-order valence-corrected chi connectivity index (χ3v) is 4.72. The lowest BCUT2D eigenvalue weighted by Gasteiger charge is -2.37. The van der Waals surface area contributed by atoms with Gasteiger partial charge in [0.15, 0.2) is 0 Å². The number of nitrogens with zero attached hydrogens (tertiary/aromatic N) is 3. The standard InChI is InChI=1S/C15H22BrN3O3/c1-17(7-2-10-20)13-5-8-18(9-6-13)14-4-3-12(16)11-15(14)19(21)22/h3-4,11,13,20H,2,5-10H2,1H3. The second kappa shape index (κ2) is 7.89. The number of rotatable bonds is 6. The zero-order chi connectivity index (χ0) is 16.1. The van der Waals surface area contributed by atoms with E-state index in [2.05, 4.69) is 32.8 Å². The first-order valence-corrected chi connectivity index (χ1v) is 8.32. The van der Waals surface area contributed by atoms with E-state index in [0.717, 1.165) is 43.4 Å². The molecule has 1 saturated heterocycles. The van der Waals surface area contributed by atoms with Crippen LogP contribution in [0, 0.1) is 10.1 Å². The highest BCUT2D eigenvalue weighted by atomic mass is 79.9. The molecule has 0 amide bonds. The number of aliphatic hydroxyl groups is 1. The summed E-state index contributed by atoms with van der Waals surface area (Å²) in [5, 5.41) is 20.1. The van der Waals surface area contributed by atoms with Gasteiger partial charge in [0.2, 0.25) is 0 Å². The number of piperidine rings is 1. The van der Waals surface area contributed by atoms with E-state index in [1.54, 1.807) is 6.07 Å². The van der Waals surface area contributed by atoms with Gasteiger partial charge in [0.1, 0.15) is 5.69 Å². The van der Waals surface area contributed by atoms with Gasteiger partial charge in [0.25, 0.3) is 5.69 Å². The van der Waals surface area contributed by atoms with Crippen LogP contribution >= 0.6 is 15.9 Å². The largest absolute Gasteiger partial charge is 0.396 e. The van der Waals surface area contributed by atoms with Crippen LogP contribution < -0.4 is 4.90 Å². The molecule has 0 unspecified atom stereocenters. The van der Waals surface area contributed by atoms with Gasteiger partial charge in [-0.1, -0.05) is 15.9 Å². The summed E-state index contributed by atoms with van der Waals surface area (Å²) in [6.07, 6.45) is 2.75. The van der Waals surface area contributed by atoms with E-state index >= 15 is 0 Å². The number of aliphatic hydroxyl groups excluding tert-OH is 1. The third-order valence-electron chi connectivity index (χ3n) is 4.23. The van der Waals surface area contributed by atoms with Crippen LogP contribution in [-0.4, -0.2) is 54.3 Å². The second-order valence-electron chi connectivity index (χ2n) is 5.67. The summed E-state index contributed by atoms with van der Waals surface area (Å²) in [6.45, 7) is 2.74. The molecular formula is C15H22BrN3O3. The van der Waals surface area contributed by atoms with E-state index < -0.39 is 0 Å². The maximum Gasteiger partial charge on any atom is 0.293 e. The predicted octanol–water partition coefficient (Wildman–Crippen LogP) is 2.64. The highest BCUT2D eigenvalue weighted by Gasteiger charge is 2.26. The summed E-state index contributed by atoms with van der Waals surface area (Å²) >= 11 is 3.29. The molecule has 1 aromatic rings. The lowest BCUT2D eigenvalue weighted by atomic mass is 10.0. The summed E-state index contributed by atoms with van der Waals surface area (Å²) in [6, 6.07) is 5.71. The van der Waals surface area contributed by atoms with E-state index in [9.17, 15) is 10.1 Å². The lowest BCUT2D eigenvalue weighted by Crippen LogP contribution is -2.44. The van der Waals surface area contributed by atoms with Crippen LogP contribution in [0.5, 0.6) is 0 Å². The Bertz CT molecular complexity index is 519. The monoisotopic (exact) mass is 371 g/mol. The maximum absolute atomic E-state index is 11.2. The van der Waals surface area contributed by atoms with Crippen molar-refractivity contribution in [3.63, 3.8) is 0 Å². The van der Waals surface area contributed by atoms with Crippen LogP contribution in [0.1, 0.15) is 19.3 Å². The Labute approximate surface area is 139 Å². The van der Waals surface area contributed by atoms with E-state index in [1.807, 2.05) is 12.1 Å². The van der Waals surface area contributed by atoms with Crippen LogP contribution in [0.2, 0.25) is 0 Å². The molecule has 1 aromatic carbocycles. The molecule has 0 saturated carbocycles. The number of nitro benzene ring substituents is 1. The number of halogens is 1. The first-order valence-electron chi connectivity index (χ1n) is 7.53. The molecule has 1 aliphatic heterocycles. The molecule has 2 rings (SSSR count). The summed E-state index contributed by atoms with van der Waals surface area (Å²) in [5.74, 6) is 0. The smallest absolute Gasteiger partial charge is 0.293 e. The van der Waals surface area contributed by atoms with Gasteiger partial charge in [-0.05, 0) is 38.4 Å². The molecule has 7 heteroatoms. The Morgan fingerprint density at radius 2 is 2.14 bits per heavy atom. The lowest BCUT2D eigenvalue weighted by molar-refractivity contribution is -0.384. The molecule has 0 aromatic heterocycles. The van der Waals surface area contributed by atoms with E-state index in [0.29, 0.717) is 11.7 Å². The van der Waals surface area contributed by atoms with Crippen molar-refractivity contribution in [2.75, 3.05) is 38.2 Å². The van der Waals surface area contributed by atoms with Gasteiger partial charge in [-0.3, -0.25) is 10.1 Å². The third kappa shape index (κ3) is 4.18. The minimum Gasteiger partial charge on any atom is -0.396 e. The minimum atomic E-state index is -0.320. The van der Waals surface area contributed by atoms with Crippen molar-refractivity contribution < 1.29 is 10.0 Å². The quantitative estimate of drug-likeness (QED) is 0.614. The molecule has 0 aliphatic carbocycles. The van der Waals surface area contributed by atoms with E-state index in [-0.39, 0.29) is 17.2 Å². The minimum absolute atomic E-state index is 0.154. The summed E-state index contributed by atoms with van der Waals surface area (Å²) in [4.78, 5) is 15.3. The van der Waals surface area contributed by atoms with Crippen molar-refractivity contribution >= 4 is 27.3 Å². The fourth-order valence-electron chi connectivity index (χ4n) is 2.96. The molecule has 6 nitrogen and oxygen atoms in total. The molecule has 1 aliphatic rings. The Balaban J connectivity index is 2.01. The highest BCUT2D eigenvalue weighted by molar-refractivity contribution is 9.10. The maximum atomic E-state index is 11.2. The van der Waals surface area contributed by atoms with Crippen LogP contribution in [0.25, 0.3) is 0 Å². The van der Waals surface area contributed by atoms with Crippen LogP contribution in [0.4, 0.5) is 11.4 Å². The first-order chi connectivity index (χ1) is 10.5. The first kappa shape index (κ1) is 17.2. The molecule has 0 bridgehead atoms. The molecule has 1 N–H and O–H groups in total. The van der Waals surface area contributed by atoms with Gasteiger partial charge < -0.3 is 14.9 Å².